The van der Waals surface area contributed by atoms with Gasteiger partial charge in [-0.2, -0.15) is 0 Å². The van der Waals surface area contributed by atoms with E-state index in [1.807, 2.05) is 6.07 Å². The molecule has 0 bridgehead atoms. The number of nitrogens with zero attached hydrogens (tertiary/aromatic N) is 2. The number of nitrogens with one attached hydrogen (secondary N) is 1. The number of furan rings is 1. The van der Waals surface area contributed by atoms with Crippen LogP contribution in [0.3, 0.4) is 0 Å². The van der Waals surface area contributed by atoms with Crippen molar-refractivity contribution in [3.8, 4) is 0 Å². The normalized spacial score (nSPS) is 11.3. The maximum absolute atomic E-state index is 11.5. The molecule has 3 N–H and O–H groups in total. The number of hydrogen-bond donors (Lipinski definition) is 2. The second-order valence-electron chi connectivity index (χ2n) is 4.83. The monoisotopic (exact) mass is 268 g/mol. The molecule has 0 aliphatic heterocycles. The third kappa shape index (κ3) is 5.02. The molecule has 1 aromatic rings. The third-order valence-corrected chi connectivity index (χ3v) is 2.88. The summed E-state index contributed by atoms with van der Waals surface area (Å²) in [6, 6.07) is 1.82. The molecule has 0 radical (unpaired) electrons. The van der Waals surface area contributed by atoms with E-state index in [-0.39, 0.29) is 5.91 Å². The lowest BCUT2D eigenvalue weighted by Gasteiger charge is -2.23. The van der Waals surface area contributed by atoms with Crippen LogP contribution < -0.4 is 11.3 Å². The predicted octanol–water partition coefficient (Wildman–Crippen LogP) is 0.657. The van der Waals surface area contributed by atoms with Crippen LogP contribution in [-0.4, -0.2) is 49.4 Å². The van der Waals surface area contributed by atoms with E-state index in [9.17, 15) is 4.79 Å². The van der Waals surface area contributed by atoms with E-state index < -0.39 is 0 Å². The topological polar surface area (TPSA) is 74.7 Å². The summed E-state index contributed by atoms with van der Waals surface area (Å²) in [5, 5.41) is 0. The lowest BCUT2D eigenvalue weighted by molar-refractivity contribution is 0.0923. The van der Waals surface area contributed by atoms with Gasteiger partial charge in [-0.05, 0) is 33.1 Å². The number of nitrogens with two attached hydrogens (primary N) is 1. The number of carbonyl (C=O) groups excluding carboxylic acids is 1. The van der Waals surface area contributed by atoms with Gasteiger partial charge in [0.25, 0.3) is 0 Å². The third-order valence-electron chi connectivity index (χ3n) is 2.88. The highest BCUT2D eigenvalue weighted by atomic mass is 16.3. The molecule has 0 aliphatic rings. The summed E-state index contributed by atoms with van der Waals surface area (Å²) in [6.07, 6.45) is 2.60. The van der Waals surface area contributed by atoms with Crippen molar-refractivity contribution in [2.75, 3.05) is 33.7 Å². The van der Waals surface area contributed by atoms with Gasteiger partial charge >= 0.3 is 5.91 Å². The number of nitrogen functional groups attached to an aromatic ring is 1. The molecular formula is C13H24N4O2. The SMILES string of the molecule is CCCN(CCN(C)C)Cc1ccoc1C(=O)NN. The molecule has 19 heavy (non-hydrogen) atoms. The van der Waals surface area contributed by atoms with Crippen LogP contribution in [0.1, 0.15) is 29.5 Å². The Balaban J connectivity index is 2.67. The van der Waals surface area contributed by atoms with Crippen molar-refractivity contribution >= 4 is 5.91 Å². The molecule has 6 nitrogen and oxygen atoms in total. The van der Waals surface area contributed by atoms with Gasteiger partial charge in [-0.3, -0.25) is 15.1 Å². The van der Waals surface area contributed by atoms with E-state index in [1.165, 1.54) is 6.26 Å². The maximum Gasteiger partial charge on any atom is 0.301 e. The van der Waals surface area contributed by atoms with Crippen molar-refractivity contribution in [1.29, 1.82) is 0 Å². The fraction of sp³-hybridized carbons (Fsp3) is 0.615. The van der Waals surface area contributed by atoms with Crippen molar-refractivity contribution in [3.05, 3.63) is 23.7 Å². The number of rotatable bonds is 8. The molecule has 0 spiro atoms. The summed E-state index contributed by atoms with van der Waals surface area (Å²) < 4.78 is 5.19. The van der Waals surface area contributed by atoms with E-state index in [4.69, 9.17) is 10.3 Å². The average molecular weight is 268 g/mol. The fourth-order valence-electron chi connectivity index (χ4n) is 1.89. The zero-order valence-corrected chi connectivity index (χ0v) is 12.0. The first-order valence-electron chi connectivity index (χ1n) is 6.52. The summed E-state index contributed by atoms with van der Waals surface area (Å²) in [6.45, 7) is 5.77. The van der Waals surface area contributed by atoms with Crippen LogP contribution in [0.2, 0.25) is 0 Å². The standard InChI is InChI=1S/C13H24N4O2/c1-4-6-17(8-7-16(2)3)10-11-5-9-19-12(11)13(18)15-14/h5,9H,4,6-8,10,14H2,1-3H3,(H,15,18). The van der Waals surface area contributed by atoms with Gasteiger partial charge in [-0.15, -0.1) is 0 Å². The van der Waals surface area contributed by atoms with Crippen LogP contribution in [-0.2, 0) is 6.54 Å². The summed E-state index contributed by atoms with van der Waals surface area (Å²) in [4.78, 5) is 16.0. The Hall–Kier alpha value is -1.37. The highest BCUT2D eigenvalue weighted by Crippen LogP contribution is 2.13. The number of amides is 1. The van der Waals surface area contributed by atoms with Crippen LogP contribution in [0, 0.1) is 0 Å². The molecule has 0 fully saturated rings. The Bertz CT molecular complexity index is 390. The van der Waals surface area contributed by atoms with E-state index in [0.29, 0.717) is 12.3 Å². The Morgan fingerprint density at radius 3 is 2.68 bits per heavy atom. The van der Waals surface area contributed by atoms with Crippen LogP contribution in [0.5, 0.6) is 0 Å². The van der Waals surface area contributed by atoms with Crippen LogP contribution >= 0.6 is 0 Å². The molecule has 0 unspecified atom stereocenters. The molecule has 6 heteroatoms. The van der Waals surface area contributed by atoms with Crippen LogP contribution in [0.4, 0.5) is 0 Å². The molecule has 1 amide bonds. The summed E-state index contributed by atoms with van der Waals surface area (Å²) in [5.41, 5.74) is 2.97. The maximum atomic E-state index is 11.5. The van der Waals surface area contributed by atoms with E-state index >= 15 is 0 Å². The lowest BCUT2D eigenvalue weighted by Crippen LogP contribution is -2.34. The molecule has 0 saturated carbocycles. The Kier molecular flexibility index (Phi) is 6.55. The smallest absolute Gasteiger partial charge is 0.301 e. The largest absolute Gasteiger partial charge is 0.459 e. The lowest BCUT2D eigenvalue weighted by atomic mass is 10.2. The number of carbonyl (C=O) groups is 1. The van der Waals surface area contributed by atoms with E-state index in [1.54, 1.807) is 0 Å². The second kappa shape index (κ2) is 7.93. The summed E-state index contributed by atoms with van der Waals surface area (Å²) >= 11 is 0. The number of likely N-dealkylation sites (N-methyl/N-ethyl adjacent to an activating group) is 1. The number of hydrogen-bond acceptors (Lipinski definition) is 5. The first-order chi connectivity index (χ1) is 9.08. The van der Waals surface area contributed by atoms with Gasteiger partial charge in [0.05, 0.1) is 6.26 Å². The Morgan fingerprint density at radius 1 is 1.37 bits per heavy atom. The zero-order valence-electron chi connectivity index (χ0n) is 12.0. The van der Waals surface area contributed by atoms with Crippen molar-refractivity contribution in [1.82, 2.24) is 15.2 Å². The van der Waals surface area contributed by atoms with Crippen LogP contribution in [0.25, 0.3) is 0 Å². The minimum absolute atomic E-state index is 0.299. The van der Waals surface area contributed by atoms with Crippen molar-refractivity contribution < 1.29 is 9.21 Å². The highest BCUT2D eigenvalue weighted by Gasteiger charge is 2.16. The molecule has 1 heterocycles. The van der Waals surface area contributed by atoms with E-state index in [0.717, 1.165) is 31.6 Å². The van der Waals surface area contributed by atoms with Crippen LogP contribution in [0.15, 0.2) is 16.7 Å². The van der Waals surface area contributed by atoms with Crippen molar-refractivity contribution in [2.45, 2.75) is 19.9 Å². The van der Waals surface area contributed by atoms with Gasteiger partial charge in [0.2, 0.25) is 0 Å². The minimum Gasteiger partial charge on any atom is -0.459 e. The Labute approximate surface area is 114 Å². The molecule has 1 rings (SSSR count). The van der Waals surface area contributed by atoms with E-state index in [2.05, 4.69) is 36.2 Å². The quantitative estimate of drug-likeness (QED) is 0.411. The van der Waals surface area contributed by atoms with Crippen molar-refractivity contribution in [3.63, 3.8) is 0 Å². The average Bonchev–Trinajstić information content (AvgIpc) is 2.83. The van der Waals surface area contributed by atoms with Crippen molar-refractivity contribution in [2.24, 2.45) is 5.84 Å². The molecular weight excluding hydrogens is 244 g/mol. The second-order valence-corrected chi connectivity index (χ2v) is 4.83. The van der Waals surface area contributed by atoms with Gasteiger partial charge < -0.3 is 9.32 Å². The number of hydrazine groups is 1. The zero-order chi connectivity index (χ0) is 14.3. The minimum atomic E-state index is -0.385. The highest BCUT2D eigenvalue weighted by molar-refractivity contribution is 5.92. The predicted molar refractivity (Wildman–Crippen MR) is 74.5 cm³/mol. The van der Waals surface area contributed by atoms with Gasteiger partial charge in [0.15, 0.2) is 5.76 Å². The molecule has 0 aliphatic carbocycles. The van der Waals surface area contributed by atoms with Gasteiger partial charge in [-0.1, -0.05) is 6.92 Å². The first kappa shape index (κ1) is 15.7. The molecule has 0 atom stereocenters. The summed E-state index contributed by atoms with van der Waals surface area (Å²) in [5.74, 6) is 5.05. The molecule has 0 aromatic carbocycles. The van der Waals surface area contributed by atoms with Gasteiger partial charge in [0.1, 0.15) is 0 Å². The first-order valence-corrected chi connectivity index (χ1v) is 6.52. The molecule has 1 aromatic heterocycles. The van der Waals surface area contributed by atoms with Gasteiger partial charge in [0, 0.05) is 25.2 Å². The molecule has 108 valence electrons. The Morgan fingerprint density at radius 2 is 2.11 bits per heavy atom. The van der Waals surface area contributed by atoms with Gasteiger partial charge in [-0.25, -0.2) is 5.84 Å². The molecule has 0 saturated heterocycles. The fourth-order valence-corrected chi connectivity index (χ4v) is 1.89. The summed E-state index contributed by atoms with van der Waals surface area (Å²) in [7, 11) is 4.10.